The molecule has 0 N–H and O–H groups in total. The summed E-state index contributed by atoms with van der Waals surface area (Å²) in [5, 5.41) is 0. The van der Waals surface area contributed by atoms with E-state index in [9.17, 15) is 4.79 Å². The number of allylic oxidation sites excluding steroid dienone is 1. The highest BCUT2D eigenvalue weighted by Gasteiger charge is 2.07. The molecule has 0 aliphatic heterocycles. The van der Waals surface area contributed by atoms with E-state index in [1.807, 2.05) is 13.0 Å². The minimum Gasteiger partial charge on any atom is -0.462 e. The Morgan fingerprint density at radius 2 is 1.12 bits per heavy atom. The lowest BCUT2D eigenvalue weighted by Crippen LogP contribution is -2.08. The molecule has 0 fully saturated rings. The summed E-state index contributed by atoms with van der Waals surface area (Å²) in [6.07, 6.45) is 23.8. The van der Waals surface area contributed by atoms with Gasteiger partial charge in [-0.1, -0.05) is 117 Å². The second-order valence-corrected chi connectivity index (χ2v) is 7.60. The molecule has 154 valence electrons. The van der Waals surface area contributed by atoms with Crippen LogP contribution in [0.5, 0.6) is 0 Å². The van der Waals surface area contributed by atoms with Crippen molar-refractivity contribution in [2.75, 3.05) is 6.61 Å². The van der Waals surface area contributed by atoms with Gasteiger partial charge in [0.1, 0.15) is 0 Å². The van der Waals surface area contributed by atoms with Crippen LogP contribution in [0.25, 0.3) is 0 Å². The highest BCUT2D eigenvalue weighted by molar-refractivity contribution is 5.88. The summed E-state index contributed by atoms with van der Waals surface area (Å²) >= 11 is 0. The van der Waals surface area contributed by atoms with E-state index in [2.05, 4.69) is 13.8 Å². The number of carbonyl (C=O) groups is 1. The van der Waals surface area contributed by atoms with Crippen molar-refractivity contribution in [3.8, 4) is 0 Å². The first-order chi connectivity index (χ1) is 12.8. The average molecular weight is 367 g/mol. The van der Waals surface area contributed by atoms with E-state index in [0.29, 0.717) is 6.61 Å². The fourth-order valence-electron chi connectivity index (χ4n) is 3.24. The number of carbonyl (C=O) groups excluding carboxylic acids is 1. The third-order valence-electron chi connectivity index (χ3n) is 5.05. The molecule has 0 bridgehead atoms. The Bertz CT molecular complexity index is 333. The quantitative estimate of drug-likeness (QED) is 0.131. The largest absolute Gasteiger partial charge is 0.462 e. The van der Waals surface area contributed by atoms with Crippen LogP contribution in [-0.4, -0.2) is 12.6 Å². The summed E-state index contributed by atoms with van der Waals surface area (Å²) in [5.74, 6) is -0.101. The first-order valence-electron chi connectivity index (χ1n) is 11.6. The van der Waals surface area contributed by atoms with Gasteiger partial charge >= 0.3 is 5.97 Å². The topological polar surface area (TPSA) is 26.3 Å². The zero-order valence-corrected chi connectivity index (χ0v) is 18.1. The van der Waals surface area contributed by atoms with Crippen LogP contribution >= 0.6 is 0 Å². The van der Waals surface area contributed by atoms with Gasteiger partial charge in [0.2, 0.25) is 0 Å². The maximum Gasteiger partial charge on any atom is 0.333 e. The number of hydrogen-bond acceptors (Lipinski definition) is 2. The van der Waals surface area contributed by atoms with Crippen LogP contribution in [0, 0.1) is 0 Å². The van der Waals surface area contributed by atoms with Gasteiger partial charge in [0.25, 0.3) is 0 Å². The van der Waals surface area contributed by atoms with Crippen molar-refractivity contribution in [3.05, 3.63) is 11.6 Å². The summed E-state index contributed by atoms with van der Waals surface area (Å²) in [6.45, 7) is 7.01. The summed E-state index contributed by atoms with van der Waals surface area (Å²) < 4.78 is 5.39. The molecule has 0 aliphatic carbocycles. The lowest BCUT2D eigenvalue weighted by Gasteiger charge is -2.07. The Kier molecular flexibility index (Phi) is 19.9. The Labute approximate surface area is 164 Å². The molecule has 0 saturated carbocycles. The van der Waals surface area contributed by atoms with Crippen LogP contribution in [0.15, 0.2) is 11.6 Å². The normalized spacial score (nSPS) is 11.7. The number of ether oxygens (including phenoxy) is 1. The molecule has 0 aliphatic rings. The number of unbranched alkanes of at least 4 members (excludes halogenated alkanes) is 14. The van der Waals surface area contributed by atoms with E-state index in [-0.39, 0.29) is 5.97 Å². The highest BCUT2D eigenvalue weighted by Crippen LogP contribution is 2.13. The lowest BCUT2D eigenvalue weighted by molar-refractivity contribution is -0.139. The van der Waals surface area contributed by atoms with E-state index in [1.54, 1.807) is 0 Å². The highest BCUT2D eigenvalue weighted by atomic mass is 16.5. The van der Waals surface area contributed by atoms with Crippen molar-refractivity contribution in [3.63, 3.8) is 0 Å². The second kappa shape index (κ2) is 20.5. The maximum absolute atomic E-state index is 11.9. The van der Waals surface area contributed by atoms with Crippen molar-refractivity contribution in [1.82, 2.24) is 0 Å². The van der Waals surface area contributed by atoms with Crippen LogP contribution in [0.3, 0.4) is 0 Å². The minimum absolute atomic E-state index is 0.101. The predicted octanol–water partition coefficient (Wildman–Crippen LogP) is 8.15. The van der Waals surface area contributed by atoms with Gasteiger partial charge in [0, 0.05) is 5.57 Å². The smallest absolute Gasteiger partial charge is 0.333 e. The molecule has 0 rings (SSSR count). The number of esters is 1. The number of rotatable bonds is 19. The SMILES string of the molecule is CCC/C=C(\CC)C(=O)OCCCCCCCCCCCCCCCC. The molecule has 0 radical (unpaired) electrons. The molecule has 0 aromatic heterocycles. The molecular formula is C24H46O2. The monoisotopic (exact) mass is 366 g/mol. The molecule has 0 unspecified atom stereocenters. The minimum atomic E-state index is -0.101. The standard InChI is InChI=1S/C24H46O2/c1-4-7-9-10-11-12-13-14-15-16-17-18-19-20-22-26-24(25)23(6-3)21-8-5-2/h21H,4-20,22H2,1-3H3/b23-21+. The van der Waals surface area contributed by atoms with E-state index < -0.39 is 0 Å². The van der Waals surface area contributed by atoms with Gasteiger partial charge in [0.15, 0.2) is 0 Å². The summed E-state index contributed by atoms with van der Waals surface area (Å²) in [6, 6.07) is 0. The van der Waals surface area contributed by atoms with Crippen molar-refractivity contribution in [2.24, 2.45) is 0 Å². The van der Waals surface area contributed by atoms with Gasteiger partial charge in [0.05, 0.1) is 6.61 Å². The lowest BCUT2D eigenvalue weighted by atomic mass is 10.0. The van der Waals surface area contributed by atoms with Crippen molar-refractivity contribution >= 4 is 5.97 Å². The molecule has 0 atom stereocenters. The third kappa shape index (κ3) is 16.7. The third-order valence-corrected chi connectivity index (χ3v) is 5.05. The van der Waals surface area contributed by atoms with Crippen molar-refractivity contribution in [2.45, 2.75) is 130 Å². The zero-order valence-electron chi connectivity index (χ0n) is 18.1. The second-order valence-electron chi connectivity index (χ2n) is 7.60. The first-order valence-corrected chi connectivity index (χ1v) is 11.6. The van der Waals surface area contributed by atoms with Crippen molar-refractivity contribution in [1.29, 1.82) is 0 Å². The van der Waals surface area contributed by atoms with Crippen LogP contribution < -0.4 is 0 Å². The van der Waals surface area contributed by atoms with E-state index in [1.165, 1.54) is 83.5 Å². The van der Waals surface area contributed by atoms with Gasteiger partial charge in [-0.15, -0.1) is 0 Å². The molecular weight excluding hydrogens is 320 g/mol. The zero-order chi connectivity index (χ0) is 19.3. The van der Waals surface area contributed by atoms with Gasteiger partial charge in [-0.25, -0.2) is 4.79 Å². The maximum atomic E-state index is 11.9. The van der Waals surface area contributed by atoms with E-state index in [0.717, 1.165) is 31.3 Å². The van der Waals surface area contributed by atoms with E-state index in [4.69, 9.17) is 4.74 Å². The molecule has 0 aromatic carbocycles. The van der Waals surface area contributed by atoms with Crippen LogP contribution in [-0.2, 0) is 9.53 Å². The van der Waals surface area contributed by atoms with Crippen LogP contribution in [0.4, 0.5) is 0 Å². The predicted molar refractivity (Wildman–Crippen MR) is 115 cm³/mol. The van der Waals surface area contributed by atoms with Gasteiger partial charge in [-0.05, 0) is 19.3 Å². The summed E-state index contributed by atoms with van der Waals surface area (Å²) in [7, 11) is 0. The number of hydrogen-bond donors (Lipinski definition) is 0. The molecule has 2 heteroatoms. The molecule has 0 saturated heterocycles. The van der Waals surface area contributed by atoms with E-state index >= 15 is 0 Å². The van der Waals surface area contributed by atoms with Gasteiger partial charge in [-0.3, -0.25) is 0 Å². The van der Waals surface area contributed by atoms with Crippen LogP contribution in [0.2, 0.25) is 0 Å². The molecule has 0 heterocycles. The Hall–Kier alpha value is -0.790. The van der Waals surface area contributed by atoms with Gasteiger partial charge < -0.3 is 4.74 Å². The molecule has 0 spiro atoms. The molecule has 0 aromatic rings. The molecule has 2 nitrogen and oxygen atoms in total. The fourth-order valence-corrected chi connectivity index (χ4v) is 3.24. The Balaban J connectivity index is 3.32. The summed E-state index contributed by atoms with van der Waals surface area (Å²) in [4.78, 5) is 11.9. The molecule has 0 amide bonds. The Morgan fingerprint density at radius 3 is 1.54 bits per heavy atom. The first kappa shape index (κ1) is 25.2. The average Bonchev–Trinajstić information content (AvgIpc) is 2.65. The Morgan fingerprint density at radius 1 is 0.654 bits per heavy atom. The summed E-state index contributed by atoms with van der Waals surface area (Å²) in [5.41, 5.74) is 0.845. The fraction of sp³-hybridized carbons (Fsp3) is 0.875. The molecule has 26 heavy (non-hydrogen) atoms. The van der Waals surface area contributed by atoms with Gasteiger partial charge in [-0.2, -0.15) is 0 Å². The van der Waals surface area contributed by atoms with Crippen LogP contribution in [0.1, 0.15) is 130 Å². The van der Waals surface area contributed by atoms with Crippen molar-refractivity contribution < 1.29 is 9.53 Å².